The molecule has 33 heavy (non-hydrogen) atoms. The number of anilines is 1. The largest absolute Gasteiger partial charge is 0.490 e. The Morgan fingerprint density at radius 2 is 1.88 bits per heavy atom. The molecular formula is C13H21N4O13P3. The van der Waals surface area contributed by atoms with Crippen LogP contribution in [0.15, 0.2) is 11.0 Å². The predicted octanol–water partition coefficient (Wildman–Crippen LogP) is -1.48. The molecule has 1 aliphatic heterocycles. The molecule has 0 aromatic carbocycles. The predicted molar refractivity (Wildman–Crippen MR) is 108 cm³/mol. The molecule has 2 unspecified atom stereocenters. The van der Waals surface area contributed by atoms with Gasteiger partial charge >= 0.3 is 29.2 Å². The van der Waals surface area contributed by atoms with Gasteiger partial charge in [-0.3, -0.25) is 9.09 Å². The van der Waals surface area contributed by atoms with Crippen LogP contribution in [0.5, 0.6) is 0 Å². The lowest BCUT2D eigenvalue weighted by molar-refractivity contribution is -0.0449. The third-order valence-electron chi connectivity index (χ3n) is 3.81. The van der Waals surface area contributed by atoms with Gasteiger partial charge in [0.2, 0.25) is 0 Å². The molecule has 0 amide bonds. The van der Waals surface area contributed by atoms with Crippen molar-refractivity contribution in [2.45, 2.75) is 31.3 Å². The van der Waals surface area contributed by atoms with Gasteiger partial charge in [-0.2, -0.15) is 13.6 Å². The first-order valence-electron chi connectivity index (χ1n) is 8.82. The lowest BCUT2D eigenvalue weighted by atomic mass is 10.2. The molecule has 20 heteroatoms. The summed E-state index contributed by atoms with van der Waals surface area (Å²) in [6, 6.07) is 0. The molecule has 0 bridgehead atoms. The van der Waals surface area contributed by atoms with Crippen LogP contribution in [0, 0.1) is 11.8 Å². The van der Waals surface area contributed by atoms with Crippen LogP contribution >= 0.6 is 23.5 Å². The lowest BCUT2D eigenvalue weighted by Gasteiger charge is -2.19. The molecule has 1 aromatic heterocycles. The minimum atomic E-state index is -5.69. The van der Waals surface area contributed by atoms with Crippen LogP contribution in [-0.2, 0) is 31.6 Å². The van der Waals surface area contributed by atoms with Crippen molar-refractivity contribution in [2.75, 3.05) is 18.9 Å². The number of aliphatic hydroxyl groups is 1. The van der Waals surface area contributed by atoms with E-state index < -0.39 is 54.2 Å². The van der Waals surface area contributed by atoms with Crippen molar-refractivity contribution in [3.63, 3.8) is 0 Å². The highest BCUT2D eigenvalue weighted by molar-refractivity contribution is 7.66. The zero-order valence-electron chi connectivity index (χ0n) is 16.5. The van der Waals surface area contributed by atoms with Crippen LogP contribution in [0.2, 0.25) is 0 Å². The zero-order chi connectivity index (χ0) is 25.0. The molecule has 2 heterocycles. The Morgan fingerprint density at radius 1 is 1.21 bits per heavy atom. The molecule has 17 nitrogen and oxygen atoms in total. The maximum absolute atomic E-state index is 12.2. The first-order valence-corrected chi connectivity index (χ1v) is 13.3. The van der Waals surface area contributed by atoms with Gasteiger partial charge in [-0.25, -0.2) is 18.5 Å². The van der Waals surface area contributed by atoms with Crippen LogP contribution in [0.4, 0.5) is 5.82 Å². The summed E-state index contributed by atoms with van der Waals surface area (Å²) in [6.45, 7) is -0.586. The smallest absolute Gasteiger partial charge is 0.390 e. The number of nitrogen functional groups attached to an aromatic ring is 1. The monoisotopic (exact) mass is 534 g/mol. The molecule has 0 radical (unpaired) electrons. The van der Waals surface area contributed by atoms with Gasteiger partial charge in [0.25, 0.3) is 0 Å². The average molecular weight is 534 g/mol. The van der Waals surface area contributed by atoms with Crippen LogP contribution in [0.3, 0.4) is 0 Å². The molecule has 0 saturated carbocycles. The summed E-state index contributed by atoms with van der Waals surface area (Å²) < 4.78 is 51.8. The molecule has 186 valence electrons. The number of aliphatic hydroxyl groups excluding tert-OH is 1. The van der Waals surface area contributed by atoms with Crippen molar-refractivity contribution in [1.29, 1.82) is 0 Å². The Bertz CT molecular complexity index is 1120. The molecule has 0 aliphatic carbocycles. The van der Waals surface area contributed by atoms with Gasteiger partial charge in [0, 0.05) is 25.6 Å². The molecule has 1 aromatic rings. The summed E-state index contributed by atoms with van der Waals surface area (Å²) in [7, 11) is -16.6. The van der Waals surface area contributed by atoms with E-state index in [4.69, 9.17) is 30.9 Å². The third kappa shape index (κ3) is 8.67. The zero-order valence-corrected chi connectivity index (χ0v) is 19.2. The fourth-order valence-electron chi connectivity index (χ4n) is 2.52. The maximum Gasteiger partial charge on any atom is 0.490 e. The number of nitrogens with zero attached hydrogens (tertiary/aromatic N) is 2. The Morgan fingerprint density at radius 3 is 2.48 bits per heavy atom. The number of rotatable bonds is 9. The van der Waals surface area contributed by atoms with E-state index in [1.165, 1.54) is 6.20 Å². The van der Waals surface area contributed by atoms with Crippen molar-refractivity contribution < 1.29 is 56.3 Å². The fraction of sp³-hybridized carbons (Fsp3) is 0.538. The van der Waals surface area contributed by atoms with Gasteiger partial charge in [0.15, 0.2) is 0 Å². The van der Waals surface area contributed by atoms with Gasteiger partial charge in [-0.1, -0.05) is 11.8 Å². The van der Waals surface area contributed by atoms with E-state index in [-0.39, 0.29) is 17.8 Å². The van der Waals surface area contributed by atoms with E-state index in [0.717, 1.165) is 4.57 Å². The number of aromatic nitrogens is 2. The number of hydrogen-bond donors (Lipinski definition) is 7. The Kier molecular flexibility index (Phi) is 9.13. The summed E-state index contributed by atoms with van der Waals surface area (Å²) in [5.41, 5.74) is 10.4. The first kappa shape index (κ1) is 27.8. The highest BCUT2D eigenvalue weighted by atomic mass is 31.3. The molecular weight excluding hydrogens is 513 g/mol. The van der Waals surface area contributed by atoms with Gasteiger partial charge in [0.05, 0.1) is 18.3 Å². The molecule has 1 aliphatic rings. The Balaban J connectivity index is 2.08. The van der Waals surface area contributed by atoms with Crippen molar-refractivity contribution >= 4 is 29.3 Å². The fourth-order valence-corrected chi connectivity index (χ4v) is 5.55. The van der Waals surface area contributed by atoms with Gasteiger partial charge in [-0.15, -0.1) is 0 Å². The Labute approximate surface area is 185 Å². The normalized spacial score (nSPS) is 24.5. The van der Waals surface area contributed by atoms with E-state index in [9.17, 15) is 28.5 Å². The van der Waals surface area contributed by atoms with E-state index >= 15 is 0 Å². The number of phosphoric acid groups is 3. The molecule has 5 atom stereocenters. The topological polar surface area (TPSA) is 276 Å². The van der Waals surface area contributed by atoms with Crippen molar-refractivity contribution in [2.24, 2.45) is 5.73 Å². The quantitative estimate of drug-likeness (QED) is 0.140. The highest BCUT2D eigenvalue weighted by Gasteiger charge is 2.43. The Hall–Kier alpha value is -1.47. The van der Waals surface area contributed by atoms with E-state index in [1.54, 1.807) is 0 Å². The second-order valence-electron chi connectivity index (χ2n) is 6.39. The molecule has 9 N–H and O–H groups in total. The summed E-state index contributed by atoms with van der Waals surface area (Å²) in [5, 5.41) is 10.1. The number of phosphoric ester groups is 1. The minimum absolute atomic E-state index is 0.136. The number of hydrogen-bond acceptors (Lipinski definition) is 12. The molecule has 0 spiro atoms. The molecule has 1 fully saturated rings. The molecule has 2 rings (SSSR count). The van der Waals surface area contributed by atoms with Crippen molar-refractivity contribution in [3.8, 4) is 11.8 Å². The lowest BCUT2D eigenvalue weighted by Crippen LogP contribution is -2.29. The summed E-state index contributed by atoms with van der Waals surface area (Å²) in [6.07, 6.45) is -2.35. The standard InChI is InChI=1S/C13H21N4O13P3/c14-4-2-1-3-8-6-17(13(19)16-12(8)15)11-5-9(18)10(28-11)7-27-32(23,24)30-33(25,26)29-31(20,21)22/h6,9-11,18H,2,4-5,7,14H2,(H,23,24)(H,25,26)(H2,15,16,19)(H2,20,21,22)/t9-,10+,11+/m0/s1. The van der Waals surface area contributed by atoms with Crippen molar-refractivity contribution in [3.05, 3.63) is 22.2 Å². The average Bonchev–Trinajstić information content (AvgIpc) is 2.99. The summed E-state index contributed by atoms with van der Waals surface area (Å²) >= 11 is 0. The van der Waals surface area contributed by atoms with Crippen LogP contribution in [-0.4, -0.2) is 59.6 Å². The molecule has 1 saturated heterocycles. The highest BCUT2D eigenvalue weighted by Crippen LogP contribution is 2.66. The number of ether oxygens (including phenoxy) is 1. The van der Waals surface area contributed by atoms with E-state index in [2.05, 4.69) is 30.0 Å². The van der Waals surface area contributed by atoms with Crippen LogP contribution in [0.1, 0.15) is 24.6 Å². The second-order valence-corrected chi connectivity index (χ2v) is 10.8. The summed E-state index contributed by atoms with van der Waals surface area (Å²) in [4.78, 5) is 51.4. The number of nitrogens with two attached hydrogens (primary N) is 2. The van der Waals surface area contributed by atoms with E-state index in [0.29, 0.717) is 13.0 Å². The van der Waals surface area contributed by atoms with Crippen molar-refractivity contribution in [1.82, 2.24) is 9.55 Å². The second kappa shape index (κ2) is 10.9. The van der Waals surface area contributed by atoms with E-state index in [1.807, 2.05) is 0 Å². The third-order valence-corrected chi connectivity index (χ3v) is 7.61. The van der Waals surface area contributed by atoms with Gasteiger partial charge in [0.1, 0.15) is 18.1 Å². The van der Waals surface area contributed by atoms with Crippen LogP contribution < -0.4 is 17.2 Å². The first-order chi connectivity index (χ1) is 15.1. The van der Waals surface area contributed by atoms with Gasteiger partial charge in [-0.05, 0) is 0 Å². The maximum atomic E-state index is 12.2. The SMILES string of the molecule is NCCC#Cc1cn([C@H]2C[C@H](O)[C@@H](COP(=O)(O)OP(=O)(O)OP(=O)(O)O)O2)c(=O)nc1N. The summed E-state index contributed by atoms with van der Waals surface area (Å²) in [5.74, 6) is 5.27. The van der Waals surface area contributed by atoms with Gasteiger partial charge < -0.3 is 40.9 Å². The van der Waals surface area contributed by atoms with Crippen LogP contribution in [0.25, 0.3) is 0 Å². The minimum Gasteiger partial charge on any atom is -0.390 e.